The molecule has 0 saturated carbocycles. The van der Waals surface area contributed by atoms with Gasteiger partial charge in [0.15, 0.2) is 0 Å². The second-order valence-electron chi connectivity index (χ2n) is 4.31. The molecule has 1 aromatic heterocycles. The van der Waals surface area contributed by atoms with Gasteiger partial charge in [0, 0.05) is 25.1 Å². The molecule has 6 nitrogen and oxygen atoms in total. The van der Waals surface area contributed by atoms with Crippen LogP contribution >= 0.6 is 15.9 Å². The fourth-order valence-electron chi connectivity index (χ4n) is 1.54. The maximum atomic E-state index is 4.38. The molecule has 0 atom stereocenters. The van der Waals surface area contributed by atoms with Crippen molar-refractivity contribution in [2.24, 2.45) is 0 Å². The molecule has 0 bridgehead atoms. The summed E-state index contributed by atoms with van der Waals surface area (Å²) in [5.74, 6) is 1.66. The van der Waals surface area contributed by atoms with Gasteiger partial charge in [0.25, 0.3) is 0 Å². The van der Waals surface area contributed by atoms with Crippen LogP contribution in [0.3, 0.4) is 0 Å². The smallest absolute Gasteiger partial charge is 0.233 e. The molecule has 0 aliphatic rings. The number of benzene rings is 1. The third-order valence-corrected chi connectivity index (χ3v) is 3.17. The molecule has 20 heavy (non-hydrogen) atoms. The van der Waals surface area contributed by atoms with Crippen LogP contribution in [0.25, 0.3) is 0 Å². The van der Waals surface area contributed by atoms with E-state index in [-0.39, 0.29) is 0 Å². The molecule has 0 saturated heterocycles. The van der Waals surface area contributed by atoms with Crippen molar-refractivity contribution < 1.29 is 0 Å². The molecule has 0 spiro atoms. The summed E-state index contributed by atoms with van der Waals surface area (Å²) in [4.78, 5) is 14.9. The summed E-state index contributed by atoms with van der Waals surface area (Å²) in [6.45, 7) is 2.76. The molecule has 1 aromatic carbocycles. The molecule has 2 aromatic rings. The largest absolute Gasteiger partial charge is 0.354 e. The first-order chi connectivity index (χ1) is 9.60. The Kier molecular flexibility index (Phi) is 4.73. The number of rotatable bonds is 5. The first kappa shape index (κ1) is 14.5. The lowest BCUT2D eigenvalue weighted by Gasteiger charge is -2.14. The molecule has 0 amide bonds. The summed E-state index contributed by atoms with van der Waals surface area (Å²) in [5.41, 5.74) is 0.908. The zero-order valence-electron chi connectivity index (χ0n) is 11.7. The van der Waals surface area contributed by atoms with Gasteiger partial charge in [0.1, 0.15) is 0 Å². The predicted molar refractivity (Wildman–Crippen MR) is 85.7 cm³/mol. The summed E-state index contributed by atoms with van der Waals surface area (Å²) < 4.78 is 0.955. The number of nitrogens with one attached hydrogen (secondary N) is 2. The molecule has 0 aliphatic carbocycles. The van der Waals surface area contributed by atoms with Crippen molar-refractivity contribution in [2.45, 2.75) is 6.92 Å². The van der Waals surface area contributed by atoms with Crippen LogP contribution in [-0.2, 0) is 0 Å². The number of hydrogen-bond acceptors (Lipinski definition) is 6. The second-order valence-corrected chi connectivity index (χ2v) is 5.17. The monoisotopic (exact) mass is 336 g/mol. The quantitative estimate of drug-likeness (QED) is 0.875. The highest BCUT2D eigenvalue weighted by molar-refractivity contribution is 9.10. The first-order valence-electron chi connectivity index (χ1n) is 6.29. The lowest BCUT2D eigenvalue weighted by Crippen LogP contribution is -2.16. The van der Waals surface area contributed by atoms with E-state index in [0.29, 0.717) is 17.8 Å². The molecule has 2 N–H and O–H groups in total. The van der Waals surface area contributed by atoms with Crippen molar-refractivity contribution in [1.82, 2.24) is 15.0 Å². The zero-order valence-corrected chi connectivity index (χ0v) is 13.3. The van der Waals surface area contributed by atoms with Crippen molar-refractivity contribution >= 4 is 39.5 Å². The lowest BCUT2D eigenvalue weighted by molar-refractivity contribution is 0.953. The van der Waals surface area contributed by atoms with E-state index in [4.69, 9.17) is 0 Å². The number of para-hydroxylation sites is 1. The van der Waals surface area contributed by atoms with Gasteiger partial charge in [-0.2, -0.15) is 15.0 Å². The van der Waals surface area contributed by atoms with Crippen LogP contribution in [0.5, 0.6) is 0 Å². The van der Waals surface area contributed by atoms with Crippen LogP contribution in [0.1, 0.15) is 6.92 Å². The molecule has 106 valence electrons. The van der Waals surface area contributed by atoms with E-state index in [2.05, 4.69) is 41.5 Å². The Morgan fingerprint density at radius 2 is 1.80 bits per heavy atom. The lowest BCUT2D eigenvalue weighted by atomic mass is 10.3. The summed E-state index contributed by atoms with van der Waals surface area (Å²) in [7, 11) is 3.79. The molecular formula is C13H17BrN6. The van der Waals surface area contributed by atoms with Crippen molar-refractivity contribution in [2.75, 3.05) is 36.2 Å². The van der Waals surface area contributed by atoms with E-state index >= 15 is 0 Å². The third kappa shape index (κ3) is 3.57. The number of anilines is 4. The van der Waals surface area contributed by atoms with Gasteiger partial charge in [-0.05, 0) is 35.0 Å². The van der Waals surface area contributed by atoms with Crippen LogP contribution in [0.15, 0.2) is 28.7 Å². The Labute approximate surface area is 126 Å². The van der Waals surface area contributed by atoms with Crippen LogP contribution in [0.4, 0.5) is 23.5 Å². The van der Waals surface area contributed by atoms with Gasteiger partial charge in [0.05, 0.1) is 5.69 Å². The van der Waals surface area contributed by atoms with E-state index in [0.717, 1.165) is 16.7 Å². The van der Waals surface area contributed by atoms with E-state index < -0.39 is 0 Å². The molecule has 2 rings (SSSR count). The highest BCUT2D eigenvalue weighted by Crippen LogP contribution is 2.24. The summed E-state index contributed by atoms with van der Waals surface area (Å²) in [6.07, 6.45) is 0. The van der Waals surface area contributed by atoms with Crippen molar-refractivity contribution in [3.8, 4) is 0 Å². The number of nitrogens with zero attached hydrogens (tertiary/aromatic N) is 4. The highest BCUT2D eigenvalue weighted by Gasteiger charge is 2.08. The molecular weight excluding hydrogens is 320 g/mol. The molecule has 1 heterocycles. The SMILES string of the molecule is CCNc1nc(Nc2ccccc2Br)nc(N(C)C)n1. The third-order valence-electron chi connectivity index (χ3n) is 2.48. The van der Waals surface area contributed by atoms with Gasteiger partial charge < -0.3 is 15.5 Å². The van der Waals surface area contributed by atoms with Crippen LogP contribution < -0.4 is 15.5 Å². The summed E-state index contributed by atoms with van der Waals surface area (Å²) in [6, 6.07) is 7.82. The zero-order chi connectivity index (χ0) is 14.5. The minimum absolute atomic E-state index is 0.506. The van der Waals surface area contributed by atoms with E-state index in [1.807, 2.05) is 50.2 Å². The van der Waals surface area contributed by atoms with E-state index in [9.17, 15) is 0 Å². The van der Waals surface area contributed by atoms with Gasteiger partial charge >= 0.3 is 0 Å². The van der Waals surface area contributed by atoms with E-state index in [1.165, 1.54) is 0 Å². The Hall–Kier alpha value is -1.89. The van der Waals surface area contributed by atoms with Crippen LogP contribution in [0, 0.1) is 0 Å². The molecule has 0 radical (unpaired) electrons. The van der Waals surface area contributed by atoms with Gasteiger partial charge in [-0.15, -0.1) is 0 Å². The minimum atomic E-state index is 0.506. The maximum Gasteiger partial charge on any atom is 0.233 e. The molecule has 0 fully saturated rings. The standard InChI is InChI=1S/C13H17BrN6/c1-4-15-11-17-12(19-13(18-11)20(2)3)16-10-8-6-5-7-9(10)14/h5-8H,4H2,1-3H3,(H2,15,16,17,18,19). The van der Waals surface area contributed by atoms with Crippen molar-refractivity contribution in [1.29, 1.82) is 0 Å². The van der Waals surface area contributed by atoms with Gasteiger partial charge in [0.2, 0.25) is 17.8 Å². The topological polar surface area (TPSA) is 66.0 Å². The maximum absolute atomic E-state index is 4.38. The average Bonchev–Trinajstić information content (AvgIpc) is 2.41. The Morgan fingerprint density at radius 3 is 2.45 bits per heavy atom. The van der Waals surface area contributed by atoms with Crippen molar-refractivity contribution in [3.63, 3.8) is 0 Å². The van der Waals surface area contributed by atoms with Crippen molar-refractivity contribution in [3.05, 3.63) is 28.7 Å². The highest BCUT2D eigenvalue weighted by atomic mass is 79.9. The Morgan fingerprint density at radius 1 is 1.10 bits per heavy atom. The first-order valence-corrected chi connectivity index (χ1v) is 7.08. The van der Waals surface area contributed by atoms with Crippen LogP contribution in [0.2, 0.25) is 0 Å². The van der Waals surface area contributed by atoms with Crippen LogP contribution in [-0.4, -0.2) is 35.6 Å². The molecule has 7 heteroatoms. The number of hydrogen-bond donors (Lipinski definition) is 2. The Balaban J connectivity index is 2.33. The molecule has 0 unspecified atom stereocenters. The van der Waals surface area contributed by atoms with Gasteiger partial charge in [-0.25, -0.2) is 0 Å². The fourth-order valence-corrected chi connectivity index (χ4v) is 1.92. The summed E-state index contributed by atoms with van der Waals surface area (Å²) in [5, 5.41) is 6.29. The normalized spacial score (nSPS) is 10.2. The van der Waals surface area contributed by atoms with Gasteiger partial charge in [-0.3, -0.25) is 0 Å². The number of halogens is 1. The minimum Gasteiger partial charge on any atom is -0.354 e. The molecule has 0 aliphatic heterocycles. The fraction of sp³-hybridized carbons (Fsp3) is 0.308. The second kappa shape index (κ2) is 6.51. The van der Waals surface area contributed by atoms with E-state index in [1.54, 1.807) is 0 Å². The Bertz CT molecular complexity index is 587. The summed E-state index contributed by atoms with van der Waals surface area (Å²) >= 11 is 3.49. The number of aromatic nitrogens is 3. The van der Waals surface area contributed by atoms with Gasteiger partial charge in [-0.1, -0.05) is 12.1 Å². The average molecular weight is 337 g/mol. The predicted octanol–water partition coefficient (Wildman–Crippen LogP) is 2.88.